The summed E-state index contributed by atoms with van der Waals surface area (Å²) in [6.07, 6.45) is 2.95. The van der Waals surface area contributed by atoms with Crippen LogP contribution in [0.4, 0.5) is 0 Å². The Morgan fingerprint density at radius 3 is 2.70 bits per heavy atom. The Labute approximate surface area is 161 Å². The van der Waals surface area contributed by atoms with Crippen LogP contribution in [-0.4, -0.2) is 26.0 Å². The van der Waals surface area contributed by atoms with E-state index in [0.29, 0.717) is 6.04 Å². The van der Waals surface area contributed by atoms with Crippen LogP contribution in [0.1, 0.15) is 46.5 Å². The van der Waals surface area contributed by atoms with Crippen LogP contribution in [0.3, 0.4) is 0 Å². The Balaban J connectivity index is 0.00000131. The molecule has 3 N–H and O–H groups in total. The van der Waals surface area contributed by atoms with Crippen LogP contribution >= 0.6 is 0 Å². The first-order valence-corrected chi connectivity index (χ1v) is 8.80. The highest BCUT2D eigenvalue weighted by molar-refractivity contribution is 5.94. The lowest BCUT2D eigenvalue weighted by Gasteiger charge is -2.11. The number of nitrogens with one attached hydrogen (secondary N) is 3. The summed E-state index contributed by atoms with van der Waals surface area (Å²) >= 11 is 0. The molecule has 4 aromatic rings. The molecule has 5 heteroatoms. The molecule has 4 rings (SSSR count). The van der Waals surface area contributed by atoms with E-state index in [4.69, 9.17) is 0 Å². The van der Waals surface area contributed by atoms with Crippen molar-refractivity contribution in [3.63, 3.8) is 0 Å². The van der Waals surface area contributed by atoms with Gasteiger partial charge in [-0.1, -0.05) is 27.8 Å². The average Bonchev–Trinajstić information content (AvgIpc) is 3.20. The van der Waals surface area contributed by atoms with Gasteiger partial charge in [-0.15, -0.1) is 0 Å². The fraction of sp³-hybridized carbons (Fsp3) is 0.364. The normalized spacial score (nSPS) is 12.0. The maximum Gasteiger partial charge on any atom is 0.178 e. The zero-order valence-corrected chi connectivity index (χ0v) is 14.9. The van der Waals surface area contributed by atoms with Gasteiger partial charge in [0.05, 0.1) is 5.52 Å². The number of aromatic amines is 2. The third-order valence-corrected chi connectivity index (χ3v) is 4.75. The number of benzene rings is 1. The highest BCUT2D eigenvalue weighted by atomic mass is 15.0. The maximum absolute atomic E-state index is 4.43. The minimum atomic E-state index is 0. The van der Waals surface area contributed by atoms with Gasteiger partial charge in [-0.3, -0.25) is 0 Å². The lowest BCUT2D eigenvalue weighted by atomic mass is 10.1. The lowest BCUT2D eigenvalue weighted by molar-refractivity contribution is 0.534. The summed E-state index contributed by atoms with van der Waals surface area (Å²) in [4.78, 5) is 15.6. The van der Waals surface area contributed by atoms with Crippen molar-refractivity contribution in [2.45, 2.75) is 54.6 Å². The Hall–Kier alpha value is -2.66. The number of aryl methyl sites for hydroxylation is 1. The standard InChI is InChI=1S/C20H23N5.2CH4/c1-4-12(2)22-11-14-5-6-17-15(9-14)10-18(25-17)16-7-8-21-20-19(16)23-13(3)24-20;;/h5-10,12,22,25H,4,11H2,1-3H3,(H,21,23,24);2*1H4/t12-;;/m0../s1. The van der Waals surface area contributed by atoms with Gasteiger partial charge in [-0.05, 0) is 50.1 Å². The van der Waals surface area contributed by atoms with Gasteiger partial charge in [0.2, 0.25) is 0 Å². The summed E-state index contributed by atoms with van der Waals surface area (Å²) in [5, 5.41) is 4.77. The van der Waals surface area contributed by atoms with E-state index in [-0.39, 0.29) is 14.9 Å². The van der Waals surface area contributed by atoms with Crippen molar-refractivity contribution in [1.82, 2.24) is 25.3 Å². The van der Waals surface area contributed by atoms with E-state index in [1.807, 2.05) is 19.2 Å². The van der Waals surface area contributed by atoms with Crippen molar-refractivity contribution in [3.8, 4) is 11.3 Å². The first-order valence-electron chi connectivity index (χ1n) is 8.80. The number of nitrogens with zero attached hydrogens (tertiary/aromatic N) is 2. The number of aromatic nitrogens is 4. The third kappa shape index (κ3) is 4.03. The van der Waals surface area contributed by atoms with E-state index >= 15 is 0 Å². The van der Waals surface area contributed by atoms with Crippen LogP contribution in [0.2, 0.25) is 0 Å². The molecule has 3 heterocycles. The van der Waals surface area contributed by atoms with Crippen molar-refractivity contribution in [3.05, 3.63) is 47.9 Å². The van der Waals surface area contributed by atoms with Crippen LogP contribution in [0, 0.1) is 6.92 Å². The molecule has 0 bridgehead atoms. The number of fused-ring (bicyclic) bond motifs is 2. The zero-order chi connectivity index (χ0) is 17.4. The number of imidazole rings is 1. The molecule has 0 aliphatic rings. The summed E-state index contributed by atoms with van der Waals surface area (Å²) in [6, 6.07) is 11.3. The molecule has 0 amide bonds. The second kappa shape index (κ2) is 8.35. The van der Waals surface area contributed by atoms with E-state index < -0.39 is 0 Å². The van der Waals surface area contributed by atoms with Crippen molar-refractivity contribution in [2.24, 2.45) is 0 Å². The first kappa shape index (κ1) is 20.6. The number of H-pyrrole nitrogens is 2. The average molecular weight is 366 g/mol. The van der Waals surface area contributed by atoms with Gasteiger partial charge in [0, 0.05) is 40.9 Å². The predicted molar refractivity (Wildman–Crippen MR) is 116 cm³/mol. The molecule has 1 atom stereocenters. The van der Waals surface area contributed by atoms with E-state index in [1.54, 1.807) is 0 Å². The molecule has 3 aromatic heterocycles. The predicted octanol–water partition coefficient (Wildman–Crippen LogP) is 5.57. The molecule has 27 heavy (non-hydrogen) atoms. The smallest absolute Gasteiger partial charge is 0.178 e. The maximum atomic E-state index is 4.43. The van der Waals surface area contributed by atoms with Crippen LogP contribution in [-0.2, 0) is 6.54 Å². The second-order valence-corrected chi connectivity index (χ2v) is 6.67. The summed E-state index contributed by atoms with van der Waals surface area (Å²) < 4.78 is 0. The van der Waals surface area contributed by atoms with Gasteiger partial charge in [0.15, 0.2) is 5.65 Å². The topological polar surface area (TPSA) is 69.4 Å². The Bertz CT molecular complexity index is 1030. The second-order valence-electron chi connectivity index (χ2n) is 6.67. The summed E-state index contributed by atoms with van der Waals surface area (Å²) in [5.41, 5.74) is 6.36. The number of hydrogen-bond acceptors (Lipinski definition) is 3. The summed E-state index contributed by atoms with van der Waals surface area (Å²) in [5.74, 6) is 0.879. The largest absolute Gasteiger partial charge is 0.354 e. The molecule has 144 valence electrons. The van der Waals surface area contributed by atoms with Gasteiger partial charge >= 0.3 is 0 Å². The van der Waals surface area contributed by atoms with Crippen LogP contribution in [0.25, 0.3) is 33.3 Å². The number of pyridine rings is 1. The minimum absolute atomic E-state index is 0. The Kier molecular flexibility index (Phi) is 6.39. The first-order chi connectivity index (χ1) is 12.1. The third-order valence-electron chi connectivity index (χ3n) is 4.75. The Morgan fingerprint density at radius 1 is 1.11 bits per heavy atom. The molecular weight excluding hydrogens is 334 g/mol. The molecule has 0 saturated heterocycles. The molecule has 0 fully saturated rings. The van der Waals surface area contributed by atoms with Crippen molar-refractivity contribution >= 4 is 22.1 Å². The van der Waals surface area contributed by atoms with Crippen molar-refractivity contribution < 1.29 is 0 Å². The highest BCUT2D eigenvalue weighted by Crippen LogP contribution is 2.29. The van der Waals surface area contributed by atoms with Crippen LogP contribution in [0.15, 0.2) is 36.5 Å². The van der Waals surface area contributed by atoms with Crippen molar-refractivity contribution in [2.75, 3.05) is 0 Å². The summed E-state index contributed by atoms with van der Waals surface area (Å²) in [7, 11) is 0. The van der Waals surface area contributed by atoms with E-state index in [2.05, 4.69) is 63.4 Å². The molecule has 0 aliphatic carbocycles. The van der Waals surface area contributed by atoms with Gasteiger partial charge in [-0.25, -0.2) is 9.97 Å². The highest BCUT2D eigenvalue weighted by Gasteiger charge is 2.11. The SMILES string of the molecule is C.C.CC[C@H](C)NCc1ccc2[nH]c(-c3ccnc4nc(C)[nH]c34)cc2c1. The zero-order valence-electron chi connectivity index (χ0n) is 14.9. The quantitative estimate of drug-likeness (QED) is 0.433. The molecule has 0 unspecified atom stereocenters. The minimum Gasteiger partial charge on any atom is -0.354 e. The molecular formula is C22H31N5. The molecule has 1 aromatic carbocycles. The number of hydrogen-bond donors (Lipinski definition) is 3. The molecule has 0 aliphatic heterocycles. The molecule has 0 saturated carbocycles. The van der Waals surface area contributed by atoms with Gasteiger partial charge in [0.1, 0.15) is 5.82 Å². The van der Waals surface area contributed by atoms with Gasteiger partial charge in [0.25, 0.3) is 0 Å². The molecule has 0 radical (unpaired) electrons. The fourth-order valence-electron chi connectivity index (χ4n) is 3.12. The molecule has 0 spiro atoms. The lowest BCUT2D eigenvalue weighted by Crippen LogP contribution is -2.24. The molecule has 5 nitrogen and oxygen atoms in total. The van der Waals surface area contributed by atoms with E-state index in [9.17, 15) is 0 Å². The van der Waals surface area contributed by atoms with Gasteiger partial charge < -0.3 is 15.3 Å². The number of rotatable bonds is 5. The monoisotopic (exact) mass is 365 g/mol. The Morgan fingerprint density at radius 2 is 1.93 bits per heavy atom. The van der Waals surface area contributed by atoms with Crippen molar-refractivity contribution in [1.29, 1.82) is 0 Å². The van der Waals surface area contributed by atoms with E-state index in [1.165, 1.54) is 10.9 Å². The van der Waals surface area contributed by atoms with Crippen LogP contribution < -0.4 is 5.32 Å². The van der Waals surface area contributed by atoms with E-state index in [0.717, 1.165) is 46.7 Å². The fourth-order valence-corrected chi connectivity index (χ4v) is 3.12. The van der Waals surface area contributed by atoms with Gasteiger partial charge in [-0.2, -0.15) is 0 Å². The van der Waals surface area contributed by atoms with Crippen LogP contribution in [0.5, 0.6) is 0 Å². The summed E-state index contributed by atoms with van der Waals surface area (Å²) in [6.45, 7) is 7.26.